The summed E-state index contributed by atoms with van der Waals surface area (Å²) >= 11 is 0. The van der Waals surface area contributed by atoms with Crippen molar-refractivity contribution in [3.8, 4) is 17.5 Å². The van der Waals surface area contributed by atoms with Gasteiger partial charge < -0.3 is 14.5 Å². The molecular weight excluding hydrogens is 364 g/mol. The zero-order chi connectivity index (χ0) is 20.1. The number of anilines is 1. The van der Waals surface area contributed by atoms with E-state index in [4.69, 9.17) is 9.15 Å². The molecule has 0 saturated carbocycles. The van der Waals surface area contributed by atoms with Crippen molar-refractivity contribution in [1.29, 1.82) is 5.26 Å². The maximum absolute atomic E-state index is 9.51. The lowest BCUT2D eigenvalue weighted by molar-refractivity contribution is 0.0186. The first-order chi connectivity index (χ1) is 14.2. The Morgan fingerprint density at radius 2 is 1.83 bits per heavy atom. The first kappa shape index (κ1) is 19.2. The van der Waals surface area contributed by atoms with Crippen LogP contribution in [0.15, 0.2) is 59.0 Å². The van der Waals surface area contributed by atoms with Crippen molar-refractivity contribution in [1.82, 2.24) is 9.88 Å². The van der Waals surface area contributed by atoms with Gasteiger partial charge in [0.1, 0.15) is 6.07 Å². The Hall–Kier alpha value is -3.14. The number of morpholine rings is 1. The SMILES string of the molecule is Cc1ccc(-c2nc(C#N)c(NC[C@H](c3ccccc3)N3CCOCC3)o2)cc1. The lowest BCUT2D eigenvalue weighted by Gasteiger charge is -2.34. The van der Waals surface area contributed by atoms with E-state index in [-0.39, 0.29) is 11.7 Å². The number of nitrogens with one attached hydrogen (secondary N) is 1. The molecule has 1 saturated heterocycles. The van der Waals surface area contributed by atoms with Crippen molar-refractivity contribution in [2.24, 2.45) is 0 Å². The lowest BCUT2D eigenvalue weighted by atomic mass is 10.0. The largest absolute Gasteiger partial charge is 0.419 e. The zero-order valence-corrected chi connectivity index (χ0v) is 16.5. The summed E-state index contributed by atoms with van der Waals surface area (Å²) in [7, 11) is 0. The smallest absolute Gasteiger partial charge is 0.232 e. The number of aromatic nitrogens is 1. The molecular formula is C23H24N4O2. The summed E-state index contributed by atoms with van der Waals surface area (Å²) in [5, 5.41) is 12.8. The summed E-state index contributed by atoms with van der Waals surface area (Å²) < 4.78 is 11.4. The molecule has 1 atom stereocenters. The summed E-state index contributed by atoms with van der Waals surface area (Å²) in [5.41, 5.74) is 3.51. The fourth-order valence-electron chi connectivity index (χ4n) is 3.55. The highest BCUT2D eigenvalue weighted by molar-refractivity contribution is 5.59. The molecule has 2 heterocycles. The highest BCUT2D eigenvalue weighted by atomic mass is 16.5. The number of rotatable bonds is 6. The third-order valence-electron chi connectivity index (χ3n) is 5.16. The Morgan fingerprint density at radius 1 is 1.10 bits per heavy atom. The second-order valence-corrected chi connectivity index (χ2v) is 7.13. The maximum atomic E-state index is 9.51. The van der Waals surface area contributed by atoms with Gasteiger partial charge >= 0.3 is 0 Å². The summed E-state index contributed by atoms with van der Waals surface area (Å²) in [6.07, 6.45) is 0. The summed E-state index contributed by atoms with van der Waals surface area (Å²) in [5.74, 6) is 0.865. The molecule has 3 aromatic rings. The minimum absolute atomic E-state index is 0.152. The highest BCUT2D eigenvalue weighted by Crippen LogP contribution is 2.28. The van der Waals surface area contributed by atoms with E-state index in [9.17, 15) is 5.26 Å². The van der Waals surface area contributed by atoms with Crippen molar-refractivity contribution in [2.75, 3.05) is 38.2 Å². The van der Waals surface area contributed by atoms with E-state index in [0.717, 1.165) is 37.4 Å². The number of hydrogen-bond acceptors (Lipinski definition) is 6. The molecule has 0 spiro atoms. The Balaban J connectivity index is 1.55. The number of oxazole rings is 1. The number of hydrogen-bond donors (Lipinski definition) is 1. The fraction of sp³-hybridized carbons (Fsp3) is 0.304. The van der Waals surface area contributed by atoms with Crippen LogP contribution in [-0.4, -0.2) is 42.7 Å². The van der Waals surface area contributed by atoms with Crippen molar-refractivity contribution in [3.63, 3.8) is 0 Å². The zero-order valence-electron chi connectivity index (χ0n) is 16.5. The van der Waals surface area contributed by atoms with Gasteiger partial charge in [-0.25, -0.2) is 0 Å². The van der Waals surface area contributed by atoms with Gasteiger partial charge in [0, 0.05) is 25.2 Å². The topological polar surface area (TPSA) is 74.3 Å². The van der Waals surface area contributed by atoms with Crippen LogP contribution >= 0.6 is 0 Å². The van der Waals surface area contributed by atoms with Crippen LogP contribution in [-0.2, 0) is 4.74 Å². The van der Waals surface area contributed by atoms with Crippen LogP contribution in [0.4, 0.5) is 5.88 Å². The average molecular weight is 388 g/mol. The second kappa shape index (κ2) is 8.91. The highest BCUT2D eigenvalue weighted by Gasteiger charge is 2.24. The number of nitriles is 1. The predicted molar refractivity (Wildman–Crippen MR) is 111 cm³/mol. The molecule has 1 aliphatic rings. The molecule has 1 N–H and O–H groups in total. The molecule has 2 aromatic carbocycles. The van der Waals surface area contributed by atoms with Gasteiger partial charge in [0.05, 0.1) is 19.3 Å². The van der Waals surface area contributed by atoms with Gasteiger partial charge in [-0.2, -0.15) is 10.2 Å². The van der Waals surface area contributed by atoms with Crippen LogP contribution < -0.4 is 5.32 Å². The summed E-state index contributed by atoms with van der Waals surface area (Å²) in [6, 6.07) is 20.6. The van der Waals surface area contributed by atoms with Crippen molar-refractivity contribution in [3.05, 3.63) is 71.4 Å². The van der Waals surface area contributed by atoms with Crippen molar-refractivity contribution >= 4 is 5.88 Å². The second-order valence-electron chi connectivity index (χ2n) is 7.13. The van der Waals surface area contributed by atoms with Gasteiger partial charge in [-0.3, -0.25) is 4.90 Å². The van der Waals surface area contributed by atoms with Crippen LogP contribution in [0.5, 0.6) is 0 Å². The van der Waals surface area contributed by atoms with Gasteiger partial charge in [0.2, 0.25) is 17.5 Å². The van der Waals surface area contributed by atoms with E-state index in [2.05, 4.69) is 33.4 Å². The maximum Gasteiger partial charge on any atom is 0.232 e. The third kappa shape index (κ3) is 4.48. The molecule has 1 aromatic heterocycles. The van der Waals surface area contributed by atoms with E-state index in [1.165, 1.54) is 5.56 Å². The van der Waals surface area contributed by atoms with E-state index in [0.29, 0.717) is 18.3 Å². The van der Waals surface area contributed by atoms with Gasteiger partial charge in [0.25, 0.3) is 0 Å². The lowest BCUT2D eigenvalue weighted by Crippen LogP contribution is -2.41. The van der Waals surface area contributed by atoms with Gasteiger partial charge in [-0.15, -0.1) is 0 Å². The quantitative estimate of drug-likeness (QED) is 0.688. The van der Waals surface area contributed by atoms with Gasteiger partial charge in [-0.05, 0) is 24.6 Å². The Labute approximate surface area is 170 Å². The fourth-order valence-corrected chi connectivity index (χ4v) is 3.55. The minimum Gasteiger partial charge on any atom is -0.419 e. The van der Waals surface area contributed by atoms with Crippen LogP contribution in [0.3, 0.4) is 0 Å². The van der Waals surface area contributed by atoms with E-state index in [1.807, 2.05) is 49.4 Å². The molecule has 0 radical (unpaired) electrons. The molecule has 0 amide bonds. The Kier molecular flexibility index (Phi) is 5.89. The van der Waals surface area contributed by atoms with Crippen molar-refractivity contribution < 1.29 is 9.15 Å². The molecule has 6 nitrogen and oxygen atoms in total. The molecule has 1 aliphatic heterocycles. The van der Waals surface area contributed by atoms with Crippen LogP contribution in [0, 0.1) is 18.3 Å². The molecule has 6 heteroatoms. The van der Waals surface area contributed by atoms with E-state index < -0.39 is 0 Å². The summed E-state index contributed by atoms with van der Waals surface area (Å²) in [6.45, 7) is 5.84. The van der Waals surface area contributed by atoms with Crippen molar-refractivity contribution in [2.45, 2.75) is 13.0 Å². The molecule has 0 unspecified atom stereocenters. The molecule has 29 heavy (non-hydrogen) atoms. The average Bonchev–Trinajstić information content (AvgIpc) is 3.19. The number of aryl methyl sites for hydroxylation is 1. The number of ether oxygens (including phenoxy) is 1. The van der Waals surface area contributed by atoms with Gasteiger partial charge in [0.15, 0.2) is 0 Å². The predicted octanol–water partition coefficient (Wildman–Crippen LogP) is 4.01. The number of nitrogens with zero attached hydrogens (tertiary/aromatic N) is 3. The molecule has 148 valence electrons. The first-order valence-electron chi connectivity index (χ1n) is 9.83. The standard InChI is InChI=1S/C23H24N4O2/c1-17-7-9-19(10-8-17)22-26-20(15-24)23(29-22)25-16-21(18-5-3-2-4-6-18)27-11-13-28-14-12-27/h2-10,21,25H,11-14,16H2,1H3/t21-/m1/s1. The first-order valence-corrected chi connectivity index (χ1v) is 9.83. The molecule has 0 bridgehead atoms. The third-order valence-corrected chi connectivity index (χ3v) is 5.16. The van der Waals surface area contributed by atoms with Gasteiger partial charge in [-0.1, -0.05) is 48.0 Å². The Morgan fingerprint density at radius 3 is 2.52 bits per heavy atom. The normalized spacial score (nSPS) is 15.6. The molecule has 1 fully saturated rings. The number of benzene rings is 2. The monoisotopic (exact) mass is 388 g/mol. The van der Waals surface area contributed by atoms with Crippen LogP contribution in [0.1, 0.15) is 22.9 Å². The van der Waals surface area contributed by atoms with Crippen LogP contribution in [0.2, 0.25) is 0 Å². The van der Waals surface area contributed by atoms with E-state index >= 15 is 0 Å². The van der Waals surface area contributed by atoms with E-state index in [1.54, 1.807) is 0 Å². The molecule has 4 rings (SSSR count). The minimum atomic E-state index is 0.152. The Bertz CT molecular complexity index is 970. The van der Waals surface area contributed by atoms with Crippen LogP contribution in [0.25, 0.3) is 11.5 Å². The summed E-state index contributed by atoms with van der Waals surface area (Å²) in [4.78, 5) is 6.77. The molecule has 0 aliphatic carbocycles.